The van der Waals surface area contributed by atoms with Crippen LogP contribution in [-0.2, 0) is 6.54 Å². The Labute approximate surface area is 121 Å². The van der Waals surface area contributed by atoms with E-state index in [4.69, 9.17) is 11.6 Å². The standard InChI is InChI=1S/C15H25ClN2O/c1-11(2)8-17-9-13-7-14(16)5-6-15(13)18(4)10-12(3)19/h5-7,11-12,17,19H,8-10H2,1-4H3. The van der Waals surface area contributed by atoms with E-state index >= 15 is 0 Å². The molecule has 0 radical (unpaired) electrons. The fourth-order valence-corrected chi connectivity index (χ4v) is 2.25. The van der Waals surface area contributed by atoms with E-state index in [1.165, 1.54) is 0 Å². The fourth-order valence-electron chi connectivity index (χ4n) is 2.06. The summed E-state index contributed by atoms with van der Waals surface area (Å²) >= 11 is 6.07. The molecule has 1 rings (SSSR count). The summed E-state index contributed by atoms with van der Waals surface area (Å²) < 4.78 is 0. The van der Waals surface area contributed by atoms with Gasteiger partial charge in [-0.3, -0.25) is 0 Å². The lowest BCUT2D eigenvalue weighted by molar-refractivity contribution is 0.201. The van der Waals surface area contributed by atoms with E-state index in [-0.39, 0.29) is 6.10 Å². The van der Waals surface area contributed by atoms with E-state index in [0.29, 0.717) is 12.5 Å². The van der Waals surface area contributed by atoms with Gasteiger partial charge in [-0.15, -0.1) is 0 Å². The maximum atomic E-state index is 9.50. The average Bonchev–Trinajstić information content (AvgIpc) is 2.27. The van der Waals surface area contributed by atoms with Gasteiger partial charge in [0.1, 0.15) is 0 Å². The first-order chi connectivity index (χ1) is 8.90. The lowest BCUT2D eigenvalue weighted by atomic mass is 10.1. The van der Waals surface area contributed by atoms with Crippen LogP contribution in [0, 0.1) is 5.92 Å². The molecule has 2 N–H and O–H groups in total. The summed E-state index contributed by atoms with van der Waals surface area (Å²) in [5.41, 5.74) is 2.28. The van der Waals surface area contributed by atoms with Crippen molar-refractivity contribution in [3.63, 3.8) is 0 Å². The molecule has 0 aliphatic carbocycles. The molecular formula is C15H25ClN2O. The predicted octanol–water partition coefficient (Wildman–Crippen LogP) is 2.90. The highest BCUT2D eigenvalue weighted by Gasteiger charge is 2.10. The molecule has 0 aliphatic heterocycles. The molecule has 0 aliphatic rings. The Morgan fingerprint density at radius 1 is 1.32 bits per heavy atom. The highest BCUT2D eigenvalue weighted by atomic mass is 35.5. The minimum atomic E-state index is -0.350. The number of rotatable bonds is 7. The number of aliphatic hydroxyl groups excluding tert-OH is 1. The number of halogens is 1. The van der Waals surface area contributed by atoms with Crippen LogP contribution in [0.25, 0.3) is 0 Å². The minimum Gasteiger partial charge on any atom is -0.392 e. The van der Waals surface area contributed by atoms with E-state index in [0.717, 1.165) is 29.4 Å². The number of nitrogens with one attached hydrogen (secondary N) is 1. The fraction of sp³-hybridized carbons (Fsp3) is 0.600. The predicted molar refractivity (Wildman–Crippen MR) is 82.9 cm³/mol. The smallest absolute Gasteiger partial charge is 0.0686 e. The van der Waals surface area contributed by atoms with Crippen LogP contribution < -0.4 is 10.2 Å². The van der Waals surface area contributed by atoms with Crippen molar-refractivity contribution in [3.8, 4) is 0 Å². The molecule has 1 aromatic carbocycles. The van der Waals surface area contributed by atoms with Crippen LogP contribution in [0.5, 0.6) is 0 Å². The summed E-state index contributed by atoms with van der Waals surface area (Å²) in [4.78, 5) is 2.06. The summed E-state index contributed by atoms with van der Waals surface area (Å²) in [6.07, 6.45) is -0.350. The monoisotopic (exact) mass is 284 g/mol. The van der Waals surface area contributed by atoms with Crippen molar-refractivity contribution >= 4 is 17.3 Å². The molecule has 1 unspecified atom stereocenters. The van der Waals surface area contributed by atoms with Crippen molar-refractivity contribution in [1.29, 1.82) is 0 Å². The lowest BCUT2D eigenvalue weighted by Gasteiger charge is -2.24. The van der Waals surface area contributed by atoms with Crippen LogP contribution >= 0.6 is 11.6 Å². The third-order valence-electron chi connectivity index (χ3n) is 2.86. The zero-order valence-corrected chi connectivity index (χ0v) is 13.0. The van der Waals surface area contributed by atoms with Gasteiger partial charge in [0.2, 0.25) is 0 Å². The van der Waals surface area contributed by atoms with Gasteiger partial charge in [0.05, 0.1) is 6.10 Å². The Balaban J connectivity index is 2.79. The van der Waals surface area contributed by atoms with Crippen molar-refractivity contribution in [2.24, 2.45) is 5.92 Å². The SMILES string of the molecule is CC(C)CNCc1cc(Cl)ccc1N(C)CC(C)O. The van der Waals surface area contributed by atoms with Gasteiger partial charge in [0.25, 0.3) is 0 Å². The molecule has 0 aromatic heterocycles. The summed E-state index contributed by atoms with van der Waals surface area (Å²) in [6.45, 7) is 8.54. The largest absolute Gasteiger partial charge is 0.392 e. The summed E-state index contributed by atoms with van der Waals surface area (Å²) in [6, 6.07) is 5.89. The minimum absolute atomic E-state index is 0.350. The number of likely N-dealkylation sites (N-methyl/N-ethyl adjacent to an activating group) is 1. The van der Waals surface area contributed by atoms with Gasteiger partial charge in [0.15, 0.2) is 0 Å². The van der Waals surface area contributed by atoms with Gasteiger partial charge >= 0.3 is 0 Å². The summed E-state index contributed by atoms with van der Waals surface area (Å²) in [5, 5.41) is 13.7. The van der Waals surface area contributed by atoms with Crippen molar-refractivity contribution in [3.05, 3.63) is 28.8 Å². The van der Waals surface area contributed by atoms with Gasteiger partial charge in [0, 0.05) is 30.8 Å². The second kappa shape index (κ2) is 7.73. The van der Waals surface area contributed by atoms with Crippen molar-refractivity contribution in [1.82, 2.24) is 5.32 Å². The van der Waals surface area contributed by atoms with Crippen LogP contribution in [0.3, 0.4) is 0 Å². The van der Waals surface area contributed by atoms with Crippen LogP contribution in [0.4, 0.5) is 5.69 Å². The summed E-state index contributed by atoms with van der Waals surface area (Å²) in [7, 11) is 1.99. The Bertz CT molecular complexity index is 394. The third-order valence-corrected chi connectivity index (χ3v) is 3.09. The first kappa shape index (κ1) is 16.3. The van der Waals surface area contributed by atoms with Crippen molar-refractivity contribution < 1.29 is 5.11 Å². The van der Waals surface area contributed by atoms with Crippen molar-refractivity contribution in [2.75, 3.05) is 25.0 Å². The first-order valence-electron chi connectivity index (χ1n) is 6.78. The quantitative estimate of drug-likeness (QED) is 0.808. The molecule has 19 heavy (non-hydrogen) atoms. The number of nitrogens with zero attached hydrogens (tertiary/aromatic N) is 1. The second-order valence-electron chi connectivity index (χ2n) is 5.53. The topological polar surface area (TPSA) is 35.5 Å². The molecule has 3 nitrogen and oxygen atoms in total. The number of anilines is 1. The zero-order valence-electron chi connectivity index (χ0n) is 12.3. The normalized spacial score (nSPS) is 12.8. The summed E-state index contributed by atoms with van der Waals surface area (Å²) in [5.74, 6) is 0.623. The van der Waals surface area contributed by atoms with Gasteiger partial charge < -0.3 is 15.3 Å². The van der Waals surface area contributed by atoms with Gasteiger partial charge in [-0.25, -0.2) is 0 Å². The second-order valence-corrected chi connectivity index (χ2v) is 5.96. The lowest BCUT2D eigenvalue weighted by Crippen LogP contribution is -2.28. The third kappa shape index (κ3) is 5.81. The molecule has 0 bridgehead atoms. The van der Waals surface area contributed by atoms with Crippen LogP contribution in [0.15, 0.2) is 18.2 Å². The van der Waals surface area contributed by atoms with Gasteiger partial charge in [-0.2, -0.15) is 0 Å². The number of hydrogen-bond donors (Lipinski definition) is 2. The highest BCUT2D eigenvalue weighted by molar-refractivity contribution is 6.30. The molecule has 0 fully saturated rings. The average molecular weight is 285 g/mol. The van der Waals surface area contributed by atoms with Gasteiger partial charge in [-0.1, -0.05) is 25.4 Å². The molecule has 1 atom stereocenters. The number of benzene rings is 1. The first-order valence-corrected chi connectivity index (χ1v) is 7.16. The molecule has 0 saturated carbocycles. The van der Waals surface area contributed by atoms with E-state index < -0.39 is 0 Å². The number of aliphatic hydroxyl groups is 1. The van der Waals surface area contributed by atoms with E-state index in [1.807, 2.05) is 25.2 Å². The van der Waals surface area contributed by atoms with Crippen molar-refractivity contribution in [2.45, 2.75) is 33.4 Å². The van der Waals surface area contributed by atoms with Crippen LogP contribution in [-0.4, -0.2) is 31.3 Å². The number of hydrogen-bond acceptors (Lipinski definition) is 3. The molecular weight excluding hydrogens is 260 g/mol. The highest BCUT2D eigenvalue weighted by Crippen LogP contribution is 2.23. The van der Waals surface area contributed by atoms with Crippen LogP contribution in [0.2, 0.25) is 5.02 Å². The van der Waals surface area contributed by atoms with E-state index in [9.17, 15) is 5.11 Å². The molecule has 4 heteroatoms. The Morgan fingerprint density at radius 2 is 2.00 bits per heavy atom. The molecule has 0 saturated heterocycles. The zero-order chi connectivity index (χ0) is 14.4. The molecule has 0 spiro atoms. The molecule has 108 valence electrons. The molecule has 0 heterocycles. The molecule has 0 amide bonds. The Hall–Kier alpha value is -0.770. The maximum Gasteiger partial charge on any atom is 0.0686 e. The van der Waals surface area contributed by atoms with E-state index in [1.54, 1.807) is 6.92 Å². The Kier molecular flexibility index (Phi) is 6.63. The van der Waals surface area contributed by atoms with Gasteiger partial charge in [-0.05, 0) is 43.1 Å². The Morgan fingerprint density at radius 3 is 2.58 bits per heavy atom. The molecule has 1 aromatic rings. The maximum absolute atomic E-state index is 9.50. The van der Waals surface area contributed by atoms with E-state index in [2.05, 4.69) is 24.1 Å². The van der Waals surface area contributed by atoms with Crippen LogP contribution in [0.1, 0.15) is 26.3 Å².